The van der Waals surface area contributed by atoms with E-state index in [1.807, 2.05) is 6.92 Å². The summed E-state index contributed by atoms with van der Waals surface area (Å²) in [5.74, 6) is -0.0711. The largest absolute Gasteiger partial charge is 0.493 e. The van der Waals surface area contributed by atoms with Gasteiger partial charge in [0.25, 0.3) is 11.8 Å². The molecule has 0 unspecified atom stereocenters. The topological polar surface area (TPSA) is 67.9 Å². The van der Waals surface area contributed by atoms with E-state index in [0.717, 1.165) is 0 Å². The lowest BCUT2D eigenvalue weighted by Crippen LogP contribution is -2.53. The molecule has 1 heterocycles. The highest BCUT2D eigenvalue weighted by Crippen LogP contribution is 2.34. The molecule has 0 aliphatic carbocycles. The van der Waals surface area contributed by atoms with Gasteiger partial charge in [-0.25, -0.2) is 0 Å². The lowest BCUT2D eigenvalue weighted by atomic mass is 10.1. The number of carbonyl (C=O) groups is 2. The zero-order valence-electron chi connectivity index (χ0n) is 13.5. The van der Waals surface area contributed by atoms with E-state index in [0.29, 0.717) is 35.2 Å². The van der Waals surface area contributed by atoms with Gasteiger partial charge in [-0.05, 0) is 43.8 Å². The number of hydrogen-bond acceptors (Lipinski definition) is 5. The van der Waals surface area contributed by atoms with E-state index in [4.69, 9.17) is 33.3 Å². The van der Waals surface area contributed by atoms with Crippen LogP contribution in [0.15, 0.2) is 17.7 Å². The van der Waals surface area contributed by atoms with Gasteiger partial charge in [-0.2, -0.15) is 0 Å². The van der Waals surface area contributed by atoms with E-state index in [1.54, 1.807) is 19.1 Å². The van der Waals surface area contributed by atoms with Crippen molar-refractivity contribution in [1.82, 2.24) is 10.2 Å². The molecule has 0 bridgehead atoms. The molecule has 1 N–H and O–H groups in total. The van der Waals surface area contributed by atoms with Crippen LogP contribution in [0.5, 0.6) is 11.5 Å². The second-order valence-corrected chi connectivity index (χ2v) is 5.62. The number of rotatable bonds is 5. The van der Waals surface area contributed by atoms with Gasteiger partial charge in [0.15, 0.2) is 16.6 Å². The van der Waals surface area contributed by atoms with Gasteiger partial charge in [-0.3, -0.25) is 19.8 Å². The van der Waals surface area contributed by atoms with Gasteiger partial charge in [0.05, 0.1) is 18.7 Å². The molecule has 1 saturated heterocycles. The number of ether oxygens (including phenoxy) is 2. The van der Waals surface area contributed by atoms with Crippen LogP contribution in [0, 0.1) is 0 Å². The van der Waals surface area contributed by atoms with Gasteiger partial charge < -0.3 is 9.47 Å². The number of halogens is 1. The van der Waals surface area contributed by atoms with Crippen LogP contribution >= 0.6 is 23.8 Å². The molecule has 0 aromatic heterocycles. The van der Waals surface area contributed by atoms with Crippen LogP contribution in [-0.4, -0.2) is 42.1 Å². The molecule has 0 saturated carbocycles. The molecule has 0 atom stereocenters. The first kappa shape index (κ1) is 18.2. The second kappa shape index (κ2) is 7.63. The fourth-order valence-corrected chi connectivity index (χ4v) is 2.74. The number of benzene rings is 1. The molecule has 6 nitrogen and oxygen atoms in total. The van der Waals surface area contributed by atoms with E-state index >= 15 is 0 Å². The van der Waals surface area contributed by atoms with Crippen molar-refractivity contribution < 1.29 is 19.1 Å². The summed E-state index contributed by atoms with van der Waals surface area (Å²) < 4.78 is 10.7. The van der Waals surface area contributed by atoms with E-state index in [-0.39, 0.29) is 10.7 Å². The summed E-state index contributed by atoms with van der Waals surface area (Å²) in [7, 11) is 1.50. The van der Waals surface area contributed by atoms with Crippen LogP contribution in [-0.2, 0) is 9.59 Å². The Kier molecular flexibility index (Phi) is 5.80. The maximum Gasteiger partial charge on any atom is 0.265 e. The first-order valence-corrected chi connectivity index (χ1v) is 8.10. The maximum atomic E-state index is 12.4. The molecule has 24 heavy (non-hydrogen) atoms. The van der Waals surface area contributed by atoms with Crippen molar-refractivity contribution >= 4 is 46.8 Å². The highest BCUT2D eigenvalue weighted by molar-refractivity contribution is 7.80. The molecule has 0 radical (unpaired) electrons. The minimum Gasteiger partial charge on any atom is -0.493 e. The average molecular weight is 369 g/mol. The Morgan fingerprint density at radius 1 is 1.29 bits per heavy atom. The molecule has 8 heteroatoms. The molecular weight excluding hydrogens is 352 g/mol. The number of thiocarbonyl (C=S) groups is 1. The van der Waals surface area contributed by atoms with Crippen LogP contribution in [0.3, 0.4) is 0 Å². The van der Waals surface area contributed by atoms with Gasteiger partial charge in [-0.1, -0.05) is 11.6 Å². The van der Waals surface area contributed by atoms with E-state index in [2.05, 4.69) is 5.32 Å². The van der Waals surface area contributed by atoms with Crippen molar-refractivity contribution in [3.05, 3.63) is 28.3 Å². The lowest BCUT2D eigenvalue weighted by Gasteiger charge is -2.27. The van der Waals surface area contributed by atoms with E-state index < -0.39 is 11.8 Å². The molecule has 128 valence electrons. The van der Waals surface area contributed by atoms with Gasteiger partial charge >= 0.3 is 0 Å². The van der Waals surface area contributed by atoms with Crippen molar-refractivity contribution in [2.45, 2.75) is 13.8 Å². The minimum absolute atomic E-state index is 0.0417. The zero-order valence-corrected chi connectivity index (χ0v) is 15.1. The summed E-state index contributed by atoms with van der Waals surface area (Å²) in [6, 6.07) is 3.20. The number of nitrogens with one attached hydrogen (secondary N) is 1. The Morgan fingerprint density at radius 3 is 2.58 bits per heavy atom. The van der Waals surface area contributed by atoms with Gasteiger partial charge in [0, 0.05) is 12.6 Å². The normalized spacial score (nSPS) is 16.4. The number of amides is 2. The number of hydrogen-bond donors (Lipinski definition) is 1. The fraction of sp³-hybridized carbons (Fsp3) is 0.312. The Morgan fingerprint density at radius 2 is 2.00 bits per heavy atom. The van der Waals surface area contributed by atoms with Crippen molar-refractivity contribution in [3.63, 3.8) is 0 Å². The summed E-state index contributed by atoms with van der Waals surface area (Å²) in [4.78, 5) is 25.9. The predicted octanol–water partition coefficient (Wildman–Crippen LogP) is 2.39. The Balaban J connectivity index is 2.49. The summed E-state index contributed by atoms with van der Waals surface area (Å²) in [6.45, 7) is 4.40. The Hall–Kier alpha value is -2.12. The van der Waals surface area contributed by atoms with Crippen LogP contribution in [0.1, 0.15) is 19.4 Å². The summed E-state index contributed by atoms with van der Waals surface area (Å²) in [6.07, 6.45) is 1.42. The molecule has 1 aliphatic rings. The highest BCUT2D eigenvalue weighted by Gasteiger charge is 2.32. The molecule has 1 aliphatic heterocycles. The average Bonchev–Trinajstić information content (AvgIpc) is 2.54. The quantitative estimate of drug-likeness (QED) is 0.491. The van der Waals surface area contributed by atoms with Crippen LogP contribution in [0.2, 0.25) is 5.02 Å². The first-order chi connectivity index (χ1) is 11.4. The maximum absolute atomic E-state index is 12.4. The smallest absolute Gasteiger partial charge is 0.265 e. The zero-order chi connectivity index (χ0) is 17.9. The molecule has 0 spiro atoms. The lowest BCUT2D eigenvalue weighted by molar-refractivity contribution is -0.128. The van der Waals surface area contributed by atoms with Gasteiger partial charge in [0.1, 0.15) is 5.57 Å². The number of likely N-dealkylation sites (N-methyl/N-ethyl adjacent to an activating group) is 1. The highest BCUT2D eigenvalue weighted by atomic mass is 35.5. The summed E-state index contributed by atoms with van der Waals surface area (Å²) >= 11 is 11.2. The Labute approximate surface area is 150 Å². The molecule has 1 fully saturated rings. The fourth-order valence-electron chi connectivity index (χ4n) is 2.23. The van der Waals surface area contributed by atoms with E-state index in [9.17, 15) is 9.59 Å². The van der Waals surface area contributed by atoms with Crippen LogP contribution < -0.4 is 14.8 Å². The van der Waals surface area contributed by atoms with Crippen LogP contribution in [0.4, 0.5) is 0 Å². The third kappa shape index (κ3) is 3.52. The van der Waals surface area contributed by atoms with Crippen molar-refractivity contribution in [2.75, 3.05) is 20.3 Å². The molecule has 2 rings (SSSR count). The first-order valence-electron chi connectivity index (χ1n) is 7.32. The number of methoxy groups -OCH3 is 1. The standard InChI is InChI=1S/C16H17ClN2O4S/c1-4-19-15(21)10(14(20)18-16(19)24)6-9-7-13(23-5-2)12(22-3)8-11(9)17/h6-8H,4-5H2,1-3H3,(H,18,20,24)/b10-6+. The van der Waals surface area contributed by atoms with Gasteiger partial charge in [-0.15, -0.1) is 0 Å². The molecule has 1 aromatic rings. The predicted molar refractivity (Wildman–Crippen MR) is 95.3 cm³/mol. The van der Waals surface area contributed by atoms with Crippen LogP contribution in [0.25, 0.3) is 6.08 Å². The number of carbonyl (C=O) groups excluding carboxylic acids is 2. The van der Waals surface area contributed by atoms with Crippen molar-refractivity contribution in [1.29, 1.82) is 0 Å². The second-order valence-electron chi connectivity index (χ2n) is 4.82. The molecular formula is C16H17ClN2O4S. The Bertz CT molecular complexity index is 733. The third-order valence-corrected chi connectivity index (χ3v) is 4.03. The summed E-state index contributed by atoms with van der Waals surface area (Å²) in [5.41, 5.74) is 0.434. The molecule has 2 amide bonds. The molecule has 1 aromatic carbocycles. The van der Waals surface area contributed by atoms with Crippen molar-refractivity contribution in [3.8, 4) is 11.5 Å². The minimum atomic E-state index is -0.556. The van der Waals surface area contributed by atoms with Gasteiger partial charge in [0.2, 0.25) is 0 Å². The van der Waals surface area contributed by atoms with E-state index in [1.165, 1.54) is 18.1 Å². The monoisotopic (exact) mass is 368 g/mol. The number of nitrogens with zero attached hydrogens (tertiary/aromatic N) is 1. The van der Waals surface area contributed by atoms with Crippen molar-refractivity contribution in [2.24, 2.45) is 0 Å². The third-order valence-electron chi connectivity index (χ3n) is 3.38. The SMILES string of the molecule is CCOc1cc(/C=C2\C(=O)NC(=S)N(CC)C2=O)c(Cl)cc1OC. The summed E-state index contributed by atoms with van der Waals surface area (Å²) in [5, 5.41) is 2.92.